The minimum Gasteiger partial charge on any atom is -0.369 e. The monoisotopic (exact) mass is 269 g/mol. The molecule has 0 aromatic heterocycles. The zero-order valence-electron chi connectivity index (χ0n) is 11.0. The molecule has 0 amide bonds. The van der Waals surface area contributed by atoms with E-state index in [-0.39, 0.29) is 5.82 Å². The summed E-state index contributed by atoms with van der Waals surface area (Å²) in [6.45, 7) is 0. The fraction of sp³-hybridized carbons (Fsp3) is 0.600. The SMILES string of the molecule is CN(c1c(F)cccc1CCl)C1CCCCCC1. The van der Waals surface area contributed by atoms with Crippen molar-refractivity contribution in [2.24, 2.45) is 0 Å². The van der Waals surface area contributed by atoms with E-state index < -0.39 is 0 Å². The van der Waals surface area contributed by atoms with Gasteiger partial charge in [-0.2, -0.15) is 0 Å². The van der Waals surface area contributed by atoms with E-state index in [4.69, 9.17) is 11.6 Å². The first kappa shape index (κ1) is 13.7. The van der Waals surface area contributed by atoms with Gasteiger partial charge in [-0.25, -0.2) is 4.39 Å². The summed E-state index contributed by atoms with van der Waals surface area (Å²) in [6.07, 6.45) is 7.44. The van der Waals surface area contributed by atoms with E-state index in [0.29, 0.717) is 17.6 Å². The van der Waals surface area contributed by atoms with Crippen molar-refractivity contribution >= 4 is 17.3 Å². The van der Waals surface area contributed by atoms with Gasteiger partial charge in [-0.3, -0.25) is 0 Å². The lowest BCUT2D eigenvalue weighted by molar-refractivity contribution is 0.537. The molecule has 3 heteroatoms. The number of nitrogens with zero attached hydrogens (tertiary/aromatic N) is 1. The minimum absolute atomic E-state index is 0.153. The Labute approximate surface area is 114 Å². The molecule has 0 spiro atoms. The second kappa shape index (κ2) is 6.42. The zero-order valence-corrected chi connectivity index (χ0v) is 11.7. The van der Waals surface area contributed by atoms with Gasteiger partial charge in [0.2, 0.25) is 0 Å². The maximum absolute atomic E-state index is 14.0. The normalized spacial score (nSPS) is 17.5. The smallest absolute Gasteiger partial charge is 0.146 e. The maximum Gasteiger partial charge on any atom is 0.146 e. The first-order valence-electron chi connectivity index (χ1n) is 6.80. The lowest BCUT2D eigenvalue weighted by Gasteiger charge is -2.31. The van der Waals surface area contributed by atoms with Gasteiger partial charge in [-0.1, -0.05) is 37.8 Å². The van der Waals surface area contributed by atoms with Crippen molar-refractivity contribution in [3.63, 3.8) is 0 Å². The Balaban J connectivity index is 2.23. The molecule has 0 bridgehead atoms. The van der Waals surface area contributed by atoms with Gasteiger partial charge in [-0.05, 0) is 24.5 Å². The van der Waals surface area contributed by atoms with Crippen LogP contribution >= 0.6 is 11.6 Å². The molecule has 1 fully saturated rings. The molecular weight excluding hydrogens is 249 g/mol. The van der Waals surface area contributed by atoms with Gasteiger partial charge in [-0.15, -0.1) is 11.6 Å². The largest absolute Gasteiger partial charge is 0.369 e. The summed E-state index contributed by atoms with van der Waals surface area (Å²) in [6, 6.07) is 5.63. The predicted molar refractivity (Wildman–Crippen MR) is 75.9 cm³/mol. The van der Waals surface area contributed by atoms with E-state index >= 15 is 0 Å². The first-order valence-corrected chi connectivity index (χ1v) is 7.33. The molecule has 1 aromatic rings. The van der Waals surface area contributed by atoms with Gasteiger partial charge in [0, 0.05) is 19.0 Å². The average molecular weight is 270 g/mol. The third-order valence-corrected chi connectivity index (χ3v) is 4.23. The van der Waals surface area contributed by atoms with Gasteiger partial charge in [0.05, 0.1) is 5.69 Å². The number of hydrogen-bond acceptors (Lipinski definition) is 1. The van der Waals surface area contributed by atoms with E-state index in [2.05, 4.69) is 4.90 Å². The molecule has 0 atom stereocenters. The number of para-hydroxylation sites is 1. The van der Waals surface area contributed by atoms with Crippen molar-refractivity contribution in [2.75, 3.05) is 11.9 Å². The van der Waals surface area contributed by atoms with Crippen molar-refractivity contribution in [1.29, 1.82) is 0 Å². The van der Waals surface area contributed by atoms with Crippen LogP contribution in [0.4, 0.5) is 10.1 Å². The third kappa shape index (κ3) is 2.97. The first-order chi connectivity index (χ1) is 8.74. The van der Waals surface area contributed by atoms with E-state index in [9.17, 15) is 4.39 Å². The molecule has 0 N–H and O–H groups in total. The molecule has 0 radical (unpaired) electrons. The van der Waals surface area contributed by atoms with Crippen LogP contribution in [-0.4, -0.2) is 13.1 Å². The quantitative estimate of drug-likeness (QED) is 0.567. The molecule has 0 saturated heterocycles. The second-order valence-electron chi connectivity index (χ2n) is 5.14. The molecule has 1 aliphatic carbocycles. The van der Waals surface area contributed by atoms with Gasteiger partial charge in [0.15, 0.2) is 0 Å². The van der Waals surface area contributed by atoms with Crippen LogP contribution in [0.15, 0.2) is 18.2 Å². The zero-order chi connectivity index (χ0) is 13.0. The number of benzene rings is 1. The van der Waals surface area contributed by atoms with Crippen LogP contribution in [0.1, 0.15) is 44.1 Å². The fourth-order valence-corrected chi connectivity index (χ4v) is 3.11. The molecular formula is C15H21ClFN. The van der Waals surface area contributed by atoms with Crippen LogP contribution in [-0.2, 0) is 5.88 Å². The van der Waals surface area contributed by atoms with Crippen LogP contribution in [0.3, 0.4) is 0 Å². The molecule has 18 heavy (non-hydrogen) atoms. The van der Waals surface area contributed by atoms with Crippen molar-refractivity contribution in [1.82, 2.24) is 0 Å². The van der Waals surface area contributed by atoms with E-state index in [1.165, 1.54) is 31.7 Å². The van der Waals surface area contributed by atoms with E-state index in [1.807, 2.05) is 13.1 Å². The Bertz CT molecular complexity index is 386. The topological polar surface area (TPSA) is 3.24 Å². The maximum atomic E-state index is 14.0. The standard InChI is InChI=1S/C15H21ClFN/c1-18(13-8-4-2-3-5-9-13)15-12(11-16)7-6-10-14(15)17/h6-7,10,13H,2-5,8-9,11H2,1H3. The average Bonchev–Trinajstić information content (AvgIpc) is 2.66. The molecule has 1 aromatic carbocycles. The Morgan fingerprint density at radius 3 is 2.50 bits per heavy atom. The summed E-state index contributed by atoms with van der Waals surface area (Å²) in [4.78, 5) is 2.11. The predicted octanol–water partition coefficient (Wildman–Crippen LogP) is 4.72. The molecule has 0 heterocycles. The molecule has 1 nitrogen and oxygen atoms in total. The van der Waals surface area contributed by atoms with Crippen molar-refractivity contribution in [3.8, 4) is 0 Å². The number of anilines is 1. The van der Waals surface area contributed by atoms with E-state index in [1.54, 1.807) is 6.07 Å². The Morgan fingerprint density at radius 2 is 1.89 bits per heavy atom. The van der Waals surface area contributed by atoms with Crippen LogP contribution in [0, 0.1) is 5.82 Å². The molecule has 0 aliphatic heterocycles. The summed E-state index contributed by atoms with van der Waals surface area (Å²) < 4.78 is 14.0. The highest BCUT2D eigenvalue weighted by molar-refractivity contribution is 6.17. The molecule has 100 valence electrons. The summed E-state index contributed by atoms with van der Waals surface area (Å²) >= 11 is 5.93. The Kier molecular flexibility index (Phi) is 4.87. The third-order valence-electron chi connectivity index (χ3n) is 3.94. The Morgan fingerprint density at radius 1 is 1.22 bits per heavy atom. The van der Waals surface area contributed by atoms with E-state index in [0.717, 1.165) is 18.4 Å². The Hall–Kier alpha value is -0.760. The highest BCUT2D eigenvalue weighted by Gasteiger charge is 2.21. The van der Waals surface area contributed by atoms with Crippen molar-refractivity contribution < 1.29 is 4.39 Å². The van der Waals surface area contributed by atoms with Crippen molar-refractivity contribution in [3.05, 3.63) is 29.6 Å². The number of hydrogen-bond donors (Lipinski definition) is 0. The molecule has 2 rings (SSSR count). The number of alkyl halides is 1. The molecule has 1 saturated carbocycles. The van der Waals surface area contributed by atoms with Crippen molar-refractivity contribution in [2.45, 2.75) is 50.4 Å². The molecule has 0 unspecified atom stereocenters. The van der Waals surface area contributed by atoms with Crippen LogP contribution in [0.25, 0.3) is 0 Å². The lowest BCUT2D eigenvalue weighted by atomic mass is 10.1. The highest BCUT2D eigenvalue weighted by Crippen LogP contribution is 2.30. The van der Waals surface area contributed by atoms with Crippen LogP contribution < -0.4 is 4.90 Å². The number of halogens is 2. The molecule has 1 aliphatic rings. The van der Waals surface area contributed by atoms with Crippen LogP contribution in [0.2, 0.25) is 0 Å². The van der Waals surface area contributed by atoms with Gasteiger partial charge >= 0.3 is 0 Å². The second-order valence-corrected chi connectivity index (χ2v) is 5.40. The summed E-state index contributed by atoms with van der Waals surface area (Å²) in [5.41, 5.74) is 1.59. The minimum atomic E-state index is -0.153. The highest BCUT2D eigenvalue weighted by atomic mass is 35.5. The number of rotatable bonds is 3. The summed E-state index contributed by atoms with van der Waals surface area (Å²) in [5, 5.41) is 0. The summed E-state index contributed by atoms with van der Waals surface area (Å²) in [7, 11) is 2.00. The van der Waals surface area contributed by atoms with Crippen LogP contribution in [0.5, 0.6) is 0 Å². The fourth-order valence-electron chi connectivity index (χ4n) is 2.89. The van der Waals surface area contributed by atoms with Gasteiger partial charge in [0.25, 0.3) is 0 Å². The van der Waals surface area contributed by atoms with Gasteiger partial charge in [0.1, 0.15) is 5.82 Å². The lowest BCUT2D eigenvalue weighted by Crippen LogP contribution is -2.32. The summed E-state index contributed by atoms with van der Waals surface area (Å²) in [5.74, 6) is 0.212. The van der Waals surface area contributed by atoms with Gasteiger partial charge < -0.3 is 4.90 Å².